The van der Waals surface area contributed by atoms with Crippen LogP contribution in [0.1, 0.15) is 33.4 Å². The standard InChI is InChI=1S/C32H36BrNO2Si/c1-6-19-35-24-28-20-26-17-18-27(33)21-31(26)34(28)22-25(2)23-36-37(32(3,4)5,29-13-9-7-10-14-29)30-15-11-8-12-16-30/h1,7-18,20-21,25H,19,22-24H2,2-5H3/t25-/m1/s1. The fraction of sp³-hybridized carbons (Fsp3) is 0.312. The molecule has 0 fully saturated rings. The summed E-state index contributed by atoms with van der Waals surface area (Å²) in [7, 11) is -2.58. The van der Waals surface area contributed by atoms with E-state index >= 15 is 0 Å². The van der Waals surface area contributed by atoms with Crippen molar-refractivity contribution in [2.75, 3.05) is 13.2 Å². The molecular weight excluding hydrogens is 538 g/mol. The number of rotatable bonds is 10. The Morgan fingerprint density at radius 3 is 2.14 bits per heavy atom. The quantitative estimate of drug-likeness (QED) is 0.119. The van der Waals surface area contributed by atoms with Gasteiger partial charge in [-0.05, 0) is 39.5 Å². The summed E-state index contributed by atoms with van der Waals surface area (Å²) in [5, 5.41) is 3.76. The second-order valence-electron chi connectivity index (χ2n) is 10.7. The van der Waals surface area contributed by atoms with E-state index in [1.807, 2.05) is 0 Å². The Balaban J connectivity index is 1.66. The van der Waals surface area contributed by atoms with Gasteiger partial charge in [-0.2, -0.15) is 0 Å². The minimum absolute atomic E-state index is 0.0470. The van der Waals surface area contributed by atoms with Gasteiger partial charge in [-0.3, -0.25) is 0 Å². The van der Waals surface area contributed by atoms with Crippen LogP contribution in [0.25, 0.3) is 10.9 Å². The van der Waals surface area contributed by atoms with Crippen LogP contribution < -0.4 is 10.4 Å². The number of halogens is 1. The molecule has 4 aromatic rings. The Morgan fingerprint density at radius 2 is 1.57 bits per heavy atom. The van der Waals surface area contributed by atoms with E-state index in [2.05, 4.69) is 139 Å². The zero-order valence-electron chi connectivity index (χ0n) is 22.2. The van der Waals surface area contributed by atoms with E-state index in [-0.39, 0.29) is 11.0 Å². The highest BCUT2D eigenvalue weighted by atomic mass is 79.9. The second kappa shape index (κ2) is 11.8. The molecule has 37 heavy (non-hydrogen) atoms. The van der Waals surface area contributed by atoms with Gasteiger partial charge in [-0.1, -0.05) is 116 Å². The van der Waals surface area contributed by atoms with Crippen molar-refractivity contribution in [1.82, 2.24) is 4.57 Å². The van der Waals surface area contributed by atoms with Gasteiger partial charge in [0, 0.05) is 34.2 Å². The highest BCUT2D eigenvalue weighted by Crippen LogP contribution is 2.37. The summed E-state index contributed by atoms with van der Waals surface area (Å²) < 4.78 is 16.4. The lowest BCUT2D eigenvalue weighted by Gasteiger charge is -2.43. The number of hydrogen-bond acceptors (Lipinski definition) is 2. The van der Waals surface area contributed by atoms with Crippen molar-refractivity contribution in [3.63, 3.8) is 0 Å². The summed E-state index contributed by atoms with van der Waals surface area (Å²) in [5.74, 6) is 2.85. The van der Waals surface area contributed by atoms with Crippen molar-refractivity contribution >= 4 is 45.5 Å². The molecular formula is C32H36BrNO2Si. The van der Waals surface area contributed by atoms with Crippen LogP contribution in [-0.4, -0.2) is 26.1 Å². The van der Waals surface area contributed by atoms with Gasteiger partial charge >= 0.3 is 0 Å². The molecule has 0 aliphatic heterocycles. The first-order valence-electron chi connectivity index (χ1n) is 12.8. The first kappa shape index (κ1) is 27.4. The van der Waals surface area contributed by atoms with E-state index in [9.17, 15) is 0 Å². The Kier molecular flexibility index (Phi) is 8.77. The van der Waals surface area contributed by atoms with E-state index in [1.165, 1.54) is 21.3 Å². The molecule has 0 spiro atoms. The maximum absolute atomic E-state index is 7.21. The van der Waals surface area contributed by atoms with Crippen LogP contribution in [0.2, 0.25) is 5.04 Å². The first-order chi connectivity index (χ1) is 17.8. The minimum atomic E-state index is -2.58. The third kappa shape index (κ3) is 5.94. The summed E-state index contributed by atoms with van der Waals surface area (Å²) in [6.07, 6.45) is 5.42. The van der Waals surface area contributed by atoms with Gasteiger partial charge < -0.3 is 13.7 Å². The Hall–Kier alpha value is -2.62. The maximum Gasteiger partial charge on any atom is 0.261 e. The molecule has 1 aromatic heterocycles. The van der Waals surface area contributed by atoms with Crippen LogP contribution in [0.15, 0.2) is 89.4 Å². The summed E-state index contributed by atoms with van der Waals surface area (Å²) >= 11 is 3.65. The van der Waals surface area contributed by atoms with Gasteiger partial charge in [0.2, 0.25) is 0 Å². The summed E-state index contributed by atoms with van der Waals surface area (Å²) in [5.41, 5.74) is 2.31. The zero-order valence-corrected chi connectivity index (χ0v) is 24.8. The molecule has 0 saturated heterocycles. The predicted octanol–water partition coefficient (Wildman–Crippen LogP) is 6.77. The van der Waals surface area contributed by atoms with E-state index in [0.29, 0.717) is 19.8 Å². The largest absolute Gasteiger partial charge is 0.407 e. The number of aromatic nitrogens is 1. The lowest BCUT2D eigenvalue weighted by molar-refractivity contribution is 0.146. The van der Waals surface area contributed by atoms with Gasteiger partial charge in [0.1, 0.15) is 6.61 Å². The van der Waals surface area contributed by atoms with Crippen LogP contribution in [-0.2, 0) is 22.3 Å². The van der Waals surface area contributed by atoms with Crippen molar-refractivity contribution < 1.29 is 9.16 Å². The fourth-order valence-corrected chi connectivity index (χ4v) is 10.3. The van der Waals surface area contributed by atoms with E-state index in [0.717, 1.165) is 16.7 Å². The molecule has 0 aliphatic rings. The molecule has 0 radical (unpaired) electrons. The van der Waals surface area contributed by atoms with Crippen LogP contribution in [0.3, 0.4) is 0 Å². The Labute approximate surface area is 231 Å². The molecule has 0 bridgehead atoms. The number of nitrogens with zero attached hydrogens (tertiary/aromatic N) is 1. The van der Waals surface area contributed by atoms with E-state index in [1.54, 1.807) is 0 Å². The number of fused-ring (bicyclic) bond motifs is 1. The minimum Gasteiger partial charge on any atom is -0.407 e. The van der Waals surface area contributed by atoms with Gasteiger partial charge in [0.25, 0.3) is 8.32 Å². The van der Waals surface area contributed by atoms with Gasteiger partial charge in [0.05, 0.1) is 6.61 Å². The first-order valence-corrected chi connectivity index (χ1v) is 15.5. The van der Waals surface area contributed by atoms with Crippen molar-refractivity contribution in [2.24, 2.45) is 5.92 Å². The molecule has 1 atom stereocenters. The third-order valence-corrected chi connectivity index (χ3v) is 12.4. The number of terminal acetylenes is 1. The molecule has 4 rings (SSSR count). The van der Waals surface area contributed by atoms with Crippen molar-refractivity contribution in [2.45, 2.75) is 45.9 Å². The van der Waals surface area contributed by atoms with E-state index < -0.39 is 8.32 Å². The zero-order chi connectivity index (χ0) is 26.5. The highest BCUT2D eigenvalue weighted by Gasteiger charge is 2.50. The molecule has 0 amide bonds. The molecule has 3 nitrogen and oxygen atoms in total. The van der Waals surface area contributed by atoms with Crippen molar-refractivity contribution in [3.05, 3.63) is 95.1 Å². The molecule has 3 aromatic carbocycles. The van der Waals surface area contributed by atoms with E-state index in [4.69, 9.17) is 15.6 Å². The van der Waals surface area contributed by atoms with Crippen LogP contribution >= 0.6 is 15.9 Å². The molecule has 5 heteroatoms. The third-order valence-electron chi connectivity index (χ3n) is 6.88. The highest BCUT2D eigenvalue weighted by molar-refractivity contribution is 9.10. The molecule has 0 aliphatic carbocycles. The molecule has 1 heterocycles. The monoisotopic (exact) mass is 573 g/mol. The number of benzene rings is 3. The summed E-state index contributed by atoms with van der Waals surface area (Å²) in [6, 6.07) is 30.3. The second-order valence-corrected chi connectivity index (χ2v) is 15.9. The lowest BCUT2D eigenvalue weighted by Crippen LogP contribution is -2.66. The Bertz CT molecular complexity index is 1310. The number of hydrogen-bond donors (Lipinski definition) is 0. The van der Waals surface area contributed by atoms with Crippen LogP contribution in [0.4, 0.5) is 0 Å². The normalized spacial score (nSPS) is 13.0. The lowest BCUT2D eigenvalue weighted by atomic mass is 10.2. The van der Waals surface area contributed by atoms with Crippen molar-refractivity contribution in [3.8, 4) is 12.3 Å². The van der Waals surface area contributed by atoms with Crippen LogP contribution in [0, 0.1) is 18.3 Å². The topological polar surface area (TPSA) is 23.4 Å². The average Bonchev–Trinajstić information content (AvgIpc) is 3.21. The van der Waals surface area contributed by atoms with Gasteiger partial charge in [-0.15, -0.1) is 6.42 Å². The SMILES string of the molecule is C#CCOCc1cc2ccc(Br)cc2n1C[C@@H](C)CO[Si](c1ccccc1)(c1ccccc1)C(C)(C)C. The molecule has 0 unspecified atom stereocenters. The molecule has 0 N–H and O–H groups in total. The van der Waals surface area contributed by atoms with Crippen LogP contribution in [0.5, 0.6) is 0 Å². The van der Waals surface area contributed by atoms with Gasteiger partial charge in [0.15, 0.2) is 0 Å². The molecule has 192 valence electrons. The predicted molar refractivity (Wildman–Crippen MR) is 161 cm³/mol. The summed E-state index contributed by atoms with van der Waals surface area (Å²) in [6.45, 7) is 11.5. The maximum atomic E-state index is 7.21. The number of ether oxygens (including phenoxy) is 1. The molecule has 0 saturated carbocycles. The van der Waals surface area contributed by atoms with Crippen molar-refractivity contribution in [1.29, 1.82) is 0 Å². The van der Waals surface area contributed by atoms with Gasteiger partial charge in [-0.25, -0.2) is 0 Å². The summed E-state index contributed by atoms with van der Waals surface area (Å²) in [4.78, 5) is 0. The fourth-order valence-electron chi connectivity index (χ4n) is 5.23. The smallest absolute Gasteiger partial charge is 0.261 e. The Morgan fingerprint density at radius 1 is 0.946 bits per heavy atom. The average molecular weight is 575 g/mol.